The molecule has 0 aromatic heterocycles. The fourth-order valence-corrected chi connectivity index (χ4v) is 4.77. The van der Waals surface area contributed by atoms with Gasteiger partial charge in [0.05, 0.1) is 5.25 Å². The highest BCUT2D eigenvalue weighted by atomic mass is 32.2. The quantitative estimate of drug-likeness (QED) is 0.729. The predicted molar refractivity (Wildman–Crippen MR) is 61.1 cm³/mol. The van der Waals surface area contributed by atoms with Crippen LogP contribution < -0.4 is 0 Å². The number of nitrogens with zero attached hydrogens (tertiary/aromatic N) is 1. The van der Waals surface area contributed by atoms with E-state index in [1.54, 1.807) is 13.8 Å². The summed E-state index contributed by atoms with van der Waals surface area (Å²) in [4.78, 5) is 0. The van der Waals surface area contributed by atoms with Crippen LogP contribution in [0.4, 0.5) is 0 Å². The van der Waals surface area contributed by atoms with Crippen LogP contribution >= 0.6 is 0 Å². The van der Waals surface area contributed by atoms with E-state index in [-0.39, 0.29) is 5.25 Å². The molecule has 2 aliphatic rings. The molecule has 0 saturated carbocycles. The summed E-state index contributed by atoms with van der Waals surface area (Å²) in [6, 6.07) is 0.595. The summed E-state index contributed by atoms with van der Waals surface area (Å²) in [6.45, 7) is 5.81. The van der Waals surface area contributed by atoms with Crippen molar-refractivity contribution in [2.24, 2.45) is 5.92 Å². The molecule has 2 rings (SSSR count). The molecule has 2 fully saturated rings. The number of hydrogen-bond donors (Lipinski definition) is 0. The van der Waals surface area contributed by atoms with E-state index >= 15 is 0 Å². The van der Waals surface area contributed by atoms with Gasteiger partial charge in [0.1, 0.15) is 0 Å². The van der Waals surface area contributed by atoms with Gasteiger partial charge in [0.25, 0.3) is 0 Å². The van der Waals surface area contributed by atoms with Crippen LogP contribution in [0.15, 0.2) is 0 Å². The number of hydrogen-bond acceptors (Lipinski definition) is 2. The number of piperidine rings is 1. The van der Waals surface area contributed by atoms with Crippen molar-refractivity contribution < 1.29 is 8.42 Å². The molecule has 0 spiro atoms. The molecule has 0 N–H and O–H groups in total. The third-order valence-corrected chi connectivity index (χ3v) is 6.17. The molecule has 2 aliphatic heterocycles. The SMILES string of the molecule is CC1CC2CCC(C1)N2S(=O)(=O)C(C)C. The first-order valence-corrected chi connectivity index (χ1v) is 7.45. The maximum atomic E-state index is 12.2. The van der Waals surface area contributed by atoms with Gasteiger partial charge in [-0.15, -0.1) is 0 Å². The number of fused-ring (bicyclic) bond motifs is 2. The van der Waals surface area contributed by atoms with E-state index in [1.807, 2.05) is 4.31 Å². The van der Waals surface area contributed by atoms with Gasteiger partial charge in [0.2, 0.25) is 10.0 Å². The van der Waals surface area contributed by atoms with E-state index in [0.29, 0.717) is 18.0 Å². The molecule has 2 atom stereocenters. The highest BCUT2D eigenvalue weighted by Crippen LogP contribution is 2.40. The molecule has 2 bridgehead atoms. The Balaban J connectivity index is 2.26. The van der Waals surface area contributed by atoms with E-state index in [9.17, 15) is 8.42 Å². The minimum Gasteiger partial charge on any atom is -0.212 e. The second kappa shape index (κ2) is 3.74. The van der Waals surface area contributed by atoms with Gasteiger partial charge in [-0.05, 0) is 45.4 Å². The Kier molecular flexibility index (Phi) is 2.84. The molecule has 2 heterocycles. The van der Waals surface area contributed by atoms with Gasteiger partial charge < -0.3 is 0 Å². The predicted octanol–water partition coefficient (Wildman–Crippen LogP) is 1.99. The van der Waals surface area contributed by atoms with Crippen molar-refractivity contribution in [3.05, 3.63) is 0 Å². The molecule has 4 heteroatoms. The Morgan fingerprint density at radius 2 is 1.60 bits per heavy atom. The molecule has 0 aliphatic carbocycles. The van der Waals surface area contributed by atoms with Crippen LogP contribution in [0.3, 0.4) is 0 Å². The Morgan fingerprint density at radius 1 is 1.13 bits per heavy atom. The van der Waals surface area contributed by atoms with Crippen LogP contribution in [0.2, 0.25) is 0 Å². The summed E-state index contributed by atoms with van der Waals surface area (Å²) in [5, 5.41) is -0.269. The third-order valence-electron chi connectivity index (χ3n) is 3.79. The fourth-order valence-electron chi connectivity index (χ4n) is 3.07. The van der Waals surface area contributed by atoms with Crippen molar-refractivity contribution >= 4 is 10.0 Å². The maximum absolute atomic E-state index is 12.2. The highest BCUT2D eigenvalue weighted by Gasteiger charge is 2.46. The molecule has 0 aromatic carbocycles. The average molecular weight is 231 g/mol. The smallest absolute Gasteiger partial charge is 0.212 e. The molecule has 0 amide bonds. The van der Waals surface area contributed by atoms with Crippen molar-refractivity contribution in [3.8, 4) is 0 Å². The second-order valence-electron chi connectivity index (χ2n) is 5.39. The average Bonchev–Trinajstić information content (AvgIpc) is 2.39. The Bertz CT molecular complexity index is 322. The standard InChI is InChI=1S/C11H21NO2S/c1-8(2)15(13,14)12-10-4-5-11(12)7-9(3)6-10/h8-11H,4-7H2,1-3H3. The molecule has 15 heavy (non-hydrogen) atoms. The number of sulfonamides is 1. The summed E-state index contributed by atoms with van der Waals surface area (Å²) >= 11 is 0. The van der Waals surface area contributed by atoms with E-state index in [0.717, 1.165) is 25.7 Å². The van der Waals surface area contributed by atoms with E-state index in [1.165, 1.54) is 0 Å². The first kappa shape index (κ1) is 11.4. The Hall–Kier alpha value is -0.0900. The van der Waals surface area contributed by atoms with Crippen LogP contribution in [0, 0.1) is 5.92 Å². The largest absolute Gasteiger partial charge is 0.216 e. The minimum atomic E-state index is -3.03. The molecule has 3 nitrogen and oxygen atoms in total. The summed E-state index contributed by atoms with van der Waals surface area (Å²) in [6.07, 6.45) is 4.26. The van der Waals surface area contributed by atoms with E-state index in [2.05, 4.69) is 6.92 Å². The first-order chi connectivity index (χ1) is 6.93. The van der Waals surface area contributed by atoms with Gasteiger partial charge in [-0.3, -0.25) is 0 Å². The topological polar surface area (TPSA) is 37.4 Å². The zero-order chi connectivity index (χ0) is 11.2. The van der Waals surface area contributed by atoms with Gasteiger partial charge in [-0.25, -0.2) is 8.42 Å². The molecule has 2 saturated heterocycles. The third kappa shape index (κ3) is 1.82. The molecular weight excluding hydrogens is 210 g/mol. The van der Waals surface area contributed by atoms with Crippen molar-refractivity contribution in [2.75, 3.05) is 0 Å². The molecule has 88 valence electrons. The zero-order valence-electron chi connectivity index (χ0n) is 9.81. The molecule has 0 radical (unpaired) electrons. The second-order valence-corrected chi connectivity index (χ2v) is 7.78. The normalized spacial score (nSPS) is 37.5. The number of rotatable bonds is 2. The van der Waals surface area contributed by atoms with Crippen LogP contribution in [0.1, 0.15) is 46.5 Å². The lowest BCUT2D eigenvalue weighted by atomic mass is 9.94. The Labute approximate surface area is 92.9 Å². The lowest BCUT2D eigenvalue weighted by Gasteiger charge is -2.37. The van der Waals surface area contributed by atoms with Crippen LogP contribution in [-0.4, -0.2) is 30.1 Å². The maximum Gasteiger partial charge on any atom is 0.216 e. The van der Waals surface area contributed by atoms with Crippen molar-refractivity contribution in [1.29, 1.82) is 0 Å². The highest BCUT2D eigenvalue weighted by molar-refractivity contribution is 7.89. The fraction of sp³-hybridized carbons (Fsp3) is 1.00. The summed E-state index contributed by atoms with van der Waals surface area (Å²) in [5.74, 6) is 0.695. The molecule has 2 unspecified atom stereocenters. The Morgan fingerprint density at radius 3 is 2.00 bits per heavy atom. The van der Waals surface area contributed by atoms with Crippen molar-refractivity contribution in [2.45, 2.75) is 63.8 Å². The molecule has 0 aromatic rings. The van der Waals surface area contributed by atoms with E-state index in [4.69, 9.17) is 0 Å². The van der Waals surface area contributed by atoms with Gasteiger partial charge in [-0.2, -0.15) is 4.31 Å². The van der Waals surface area contributed by atoms with Gasteiger partial charge in [-0.1, -0.05) is 6.92 Å². The van der Waals surface area contributed by atoms with Crippen molar-refractivity contribution in [3.63, 3.8) is 0 Å². The van der Waals surface area contributed by atoms with Crippen LogP contribution in [0.25, 0.3) is 0 Å². The first-order valence-electron chi connectivity index (χ1n) is 5.95. The minimum absolute atomic E-state index is 0.269. The van der Waals surface area contributed by atoms with Crippen LogP contribution in [0.5, 0.6) is 0 Å². The van der Waals surface area contributed by atoms with Gasteiger partial charge >= 0.3 is 0 Å². The van der Waals surface area contributed by atoms with Gasteiger partial charge in [0.15, 0.2) is 0 Å². The molecular formula is C11H21NO2S. The summed E-state index contributed by atoms with van der Waals surface area (Å²) < 4.78 is 26.2. The lowest BCUT2D eigenvalue weighted by molar-refractivity contribution is 0.199. The van der Waals surface area contributed by atoms with E-state index < -0.39 is 10.0 Å². The van der Waals surface area contributed by atoms with Crippen LogP contribution in [-0.2, 0) is 10.0 Å². The van der Waals surface area contributed by atoms with Gasteiger partial charge in [0, 0.05) is 12.1 Å². The zero-order valence-corrected chi connectivity index (χ0v) is 10.6. The lowest BCUT2D eigenvalue weighted by Crippen LogP contribution is -2.48. The summed E-state index contributed by atoms with van der Waals surface area (Å²) in [7, 11) is -3.03. The monoisotopic (exact) mass is 231 g/mol. The van der Waals surface area contributed by atoms with Crippen molar-refractivity contribution in [1.82, 2.24) is 4.31 Å². The summed E-state index contributed by atoms with van der Waals surface area (Å²) in [5.41, 5.74) is 0.